The number of hydrogen-bond donors (Lipinski definition) is 0. The van der Waals surface area contributed by atoms with Gasteiger partial charge in [-0.1, -0.05) is 50.1 Å². The third-order valence-corrected chi connectivity index (χ3v) is 4.38. The molecule has 0 bridgehead atoms. The fourth-order valence-corrected chi connectivity index (χ4v) is 3.14. The number of carbonyl (C=O) groups is 1. The summed E-state index contributed by atoms with van der Waals surface area (Å²) in [6, 6.07) is 9.66. The normalized spacial score (nSPS) is 17.2. The van der Waals surface area contributed by atoms with Gasteiger partial charge in [0, 0.05) is 12.0 Å². The van der Waals surface area contributed by atoms with Gasteiger partial charge in [0.05, 0.1) is 0 Å². The monoisotopic (exact) mass is 273 g/mol. The van der Waals surface area contributed by atoms with Crippen molar-refractivity contribution in [3.05, 3.63) is 35.9 Å². The van der Waals surface area contributed by atoms with Crippen molar-refractivity contribution in [1.82, 2.24) is 4.90 Å². The second kappa shape index (κ2) is 8.21. The van der Waals surface area contributed by atoms with Crippen LogP contribution in [-0.4, -0.2) is 30.3 Å². The van der Waals surface area contributed by atoms with Crippen LogP contribution in [0.15, 0.2) is 30.3 Å². The highest BCUT2D eigenvalue weighted by atomic mass is 16.1. The molecule has 2 nitrogen and oxygen atoms in total. The number of carbonyl (C=O) groups excluding carboxylic acids is 1. The lowest BCUT2D eigenvalue weighted by Gasteiger charge is -2.31. The maximum Gasteiger partial charge on any atom is 0.162 e. The lowest BCUT2D eigenvalue weighted by atomic mass is 9.92. The van der Waals surface area contributed by atoms with E-state index >= 15 is 0 Å². The predicted molar refractivity (Wildman–Crippen MR) is 84.1 cm³/mol. The lowest BCUT2D eigenvalue weighted by molar-refractivity contribution is 0.0970. The predicted octanol–water partition coefficient (Wildman–Crippen LogP) is 4.16. The molecular formula is C18H27NO. The molecule has 1 heterocycles. The molecule has 2 rings (SSSR count). The van der Waals surface area contributed by atoms with E-state index in [1.165, 1.54) is 38.8 Å². The number of Topliss-reactive ketones (excluding diaryl/α,β-unsaturated/α-hetero) is 1. The second-order valence-electron chi connectivity index (χ2n) is 5.97. The summed E-state index contributed by atoms with van der Waals surface area (Å²) in [5.41, 5.74) is 0.856. The maximum atomic E-state index is 12.0. The molecule has 1 saturated heterocycles. The summed E-state index contributed by atoms with van der Waals surface area (Å²) in [6.45, 7) is 5.81. The lowest BCUT2D eigenvalue weighted by Crippen LogP contribution is -2.34. The van der Waals surface area contributed by atoms with Crippen LogP contribution in [0.25, 0.3) is 0 Å². The van der Waals surface area contributed by atoms with Gasteiger partial charge in [-0.2, -0.15) is 0 Å². The number of rotatable bonds is 7. The van der Waals surface area contributed by atoms with E-state index in [1.807, 2.05) is 30.3 Å². The minimum atomic E-state index is 0.284. The molecule has 1 aromatic rings. The summed E-state index contributed by atoms with van der Waals surface area (Å²) in [5, 5.41) is 0. The fourth-order valence-electron chi connectivity index (χ4n) is 3.14. The van der Waals surface area contributed by atoms with Crippen LogP contribution in [-0.2, 0) is 0 Å². The fraction of sp³-hybridized carbons (Fsp3) is 0.611. The van der Waals surface area contributed by atoms with E-state index in [4.69, 9.17) is 0 Å². The summed E-state index contributed by atoms with van der Waals surface area (Å²) in [7, 11) is 0. The second-order valence-corrected chi connectivity index (χ2v) is 5.97. The van der Waals surface area contributed by atoms with Gasteiger partial charge in [0.1, 0.15) is 0 Å². The average molecular weight is 273 g/mol. The van der Waals surface area contributed by atoms with E-state index < -0.39 is 0 Å². The summed E-state index contributed by atoms with van der Waals surface area (Å²) in [4.78, 5) is 14.5. The number of hydrogen-bond acceptors (Lipinski definition) is 2. The summed E-state index contributed by atoms with van der Waals surface area (Å²) >= 11 is 0. The van der Waals surface area contributed by atoms with Crippen LogP contribution in [0.2, 0.25) is 0 Å². The van der Waals surface area contributed by atoms with Crippen LogP contribution >= 0.6 is 0 Å². The van der Waals surface area contributed by atoms with Gasteiger partial charge in [-0.15, -0.1) is 0 Å². The van der Waals surface area contributed by atoms with Crippen molar-refractivity contribution in [2.24, 2.45) is 5.92 Å². The topological polar surface area (TPSA) is 20.3 Å². The Hall–Kier alpha value is -1.15. The first kappa shape index (κ1) is 15.2. The third-order valence-electron chi connectivity index (χ3n) is 4.38. The standard InChI is InChI=1S/C18H27NO/c1-2-7-16-11-14-19(15-12-16)13-6-10-18(20)17-8-4-3-5-9-17/h3-5,8-9,16H,2,6-7,10-15H2,1H3. The van der Waals surface area contributed by atoms with Gasteiger partial charge in [-0.3, -0.25) is 4.79 Å². The minimum Gasteiger partial charge on any atom is -0.303 e. The first-order valence-electron chi connectivity index (χ1n) is 8.10. The average Bonchev–Trinajstić information content (AvgIpc) is 2.50. The van der Waals surface area contributed by atoms with Crippen molar-refractivity contribution in [3.8, 4) is 0 Å². The van der Waals surface area contributed by atoms with E-state index in [2.05, 4.69) is 11.8 Å². The molecule has 0 saturated carbocycles. The Morgan fingerprint density at radius 2 is 1.90 bits per heavy atom. The third kappa shape index (κ3) is 4.75. The maximum absolute atomic E-state index is 12.0. The van der Waals surface area contributed by atoms with Crippen LogP contribution < -0.4 is 0 Å². The number of ketones is 1. The highest BCUT2D eigenvalue weighted by molar-refractivity contribution is 5.95. The molecule has 20 heavy (non-hydrogen) atoms. The quantitative estimate of drug-likeness (QED) is 0.695. The molecule has 2 heteroatoms. The molecule has 1 aliphatic rings. The Morgan fingerprint density at radius 1 is 1.20 bits per heavy atom. The zero-order chi connectivity index (χ0) is 14.2. The molecule has 1 fully saturated rings. The molecule has 0 atom stereocenters. The Balaban J connectivity index is 1.63. The van der Waals surface area contributed by atoms with Gasteiger partial charge in [-0.05, 0) is 44.8 Å². The summed E-state index contributed by atoms with van der Waals surface area (Å²) in [6.07, 6.45) is 7.07. The van der Waals surface area contributed by atoms with Gasteiger partial charge in [-0.25, -0.2) is 0 Å². The Morgan fingerprint density at radius 3 is 2.55 bits per heavy atom. The van der Waals surface area contributed by atoms with Crippen molar-refractivity contribution in [2.45, 2.75) is 45.4 Å². The van der Waals surface area contributed by atoms with E-state index in [0.29, 0.717) is 6.42 Å². The Labute approximate surface area is 123 Å². The van der Waals surface area contributed by atoms with Crippen LogP contribution in [0, 0.1) is 5.92 Å². The highest BCUT2D eigenvalue weighted by Gasteiger charge is 2.18. The first-order chi connectivity index (χ1) is 9.79. The molecular weight excluding hydrogens is 246 g/mol. The molecule has 110 valence electrons. The SMILES string of the molecule is CCCC1CCN(CCCC(=O)c2ccccc2)CC1. The summed E-state index contributed by atoms with van der Waals surface area (Å²) < 4.78 is 0. The van der Waals surface area contributed by atoms with Gasteiger partial charge >= 0.3 is 0 Å². The zero-order valence-corrected chi connectivity index (χ0v) is 12.7. The van der Waals surface area contributed by atoms with Crippen LogP contribution in [0.3, 0.4) is 0 Å². The van der Waals surface area contributed by atoms with Crippen molar-refractivity contribution in [3.63, 3.8) is 0 Å². The van der Waals surface area contributed by atoms with E-state index in [0.717, 1.165) is 24.4 Å². The van der Waals surface area contributed by atoms with Gasteiger partial charge in [0.15, 0.2) is 5.78 Å². The number of nitrogens with zero attached hydrogens (tertiary/aromatic N) is 1. The van der Waals surface area contributed by atoms with Crippen molar-refractivity contribution >= 4 is 5.78 Å². The molecule has 0 aromatic heterocycles. The van der Waals surface area contributed by atoms with E-state index in [1.54, 1.807) is 0 Å². The van der Waals surface area contributed by atoms with Crippen molar-refractivity contribution in [1.29, 1.82) is 0 Å². The molecule has 0 aliphatic carbocycles. The van der Waals surface area contributed by atoms with Crippen LogP contribution in [0.5, 0.6) is 0 Å². The number of likely N-dealkylation sites (tertiary alicyclic amines) is 1. The van der Waals surface area contributed by atoms with Crippen molar-refractivity contribution < 1.29 is 4.79 Å². The first-order valence-corrected chi connectivity index (χ1v) is 8.10. The summed E-state index contributed by atoms with van der Waals surface area (Å²) in [5.74, 6) is 1.23. The molecule has 0 amide bonds. The Bertz CT molecular complexity index is 393. The zero-order valence-electron chi connectivity index (χ0n) is 12.7. The van der Waals surface area contributed by atoms with Crippen LogP contribution in [0.4, 0.5) is 0 Å². The molecule has 0 N–H and O–H groups in total. The van der Waals surface area contributed by atoms with E-state index in [-0.39, 0.29) is 5.78 Å². The van der Waals surface area contributed by atoms with Gasteiger partial charge < -0.3 is 4.90 Å². The van der Waals surface area contributed by atoms with Crippen LogP contribution in [0.1, 0.15) is 55.8 Å². The number of piperidine rings is 1. The molecule has 0 unspecified atom stereocenters. The minimum absolute atomic E-state index is 0.284. The molecule has 1 aliphatic heterocycles. The Kier molecular flexibility index (Phi) is 6.25. The number of benzene rings is 1. The molecule has 0 spiro atoms. The largest absolute Gasteiger partial charge is 0.303 e. The molecule has 0 radical (unpaired) electrons. The molecule has 1 aromatic carbocycles. The van der Waals surface area contributed by atoms with E-state index in [9.17, 15) is 4.79 Å². The van der Waals surface area contributed by atoms with Gasteiger partial charge in [0.2, 0.25) is 0 Å². The smallest absolute Gasteiger partial charge is 0.162 e. The van der Waals surface area contributed by atoms with Crippen molar-refractivity contribution in [2.75, 3.05) is 19.6 Å². The van der Waals surface area contributed by atoms with Gasteiger partial charge in [0.25, 0.3) is 0 Å². The highest BCUT2D eigenvalue weighted by Crippen LogP contribution is 2.21.